The van der Waals surface area contributed by atoms with Crippen LogP contribution in [-0.4, -0.2) is 26.5 Å². The molecule has 17 heavy (non-hydrogen) atoms. The maximum Gasteiger partial charge on any atom is 0.305 e. The molecule has 0 aliphatic rings. The van der Waals surface area contributed by atoms with E-state index in [-0.39, 0.29) is 17.9 Å². The van der Waals surface area contributed by atoms with Crippen molar-refractivity contribution in [3.63, 3.8) is 0 Å². The second-order valence-corrected chi connectivity index (χ2v) is 4.24. The number of nitrogens with one attached hydrogen (secondary N) is 1. The van der Waals surface area contributed by atoms with Crippen LogP contribution in [0.1, 0.15) is 20.3 Å². The van der Waals surface area contributed by atoms with Crippen LogP contribution in [0.4, 0.5) is 11.5 Å². The summed E-state index contributed by atoms with van der Waals surface area (Å²) < 4.78 is 0. The molecule has 0 radical (unpaired) electrons. The first-order valence-corrected chi connectivity index (χ1v) is 4.90. The number of carbonyl (C=O) groups is 1. The lowest BCUT2D eigenvalue weighted by molar-refractivity contribution is -0.384. The van der Waals surface area contributed by atoms with Crippen LogP contribution in [0.2, 0.25) is 0 Å². The van der Waals surface area contributed by atoms with Crippen LogP contribution < -0.4 is 5.32 Å². The monoisotopic (exact) mass is 239 g/mol. The standard InChI is InChI=1S/C10H13N3O4/c1-10(2,6-9(14)15)12-8-5-7(13(16)17)3-4-11-8/h3-5H,6H2,1-2H3,(H,11,12)(H,14,15). The van der Waals surface area contributed by atoms with Gasteiger partial charge in [0.1, 0.15) is 5.82 Å². The Labute approximate surface area is 97.6 Å². The van der Waals surface area contributed by atoms with Gasteiger partial charge in [-0.25, -0.2) is 4.98 Å². The molecule has 0 saturated carbocycles. The lowest BCUT2D eigenvalue weighted by atomic mass is 10.0. The van der Waals surface area contributed by atoms with Gasteiger partial charge in [0.25, 0.3) is 5.69 Å². The minimum atomic E-state index is -0.951. The number of aliphatic carboxylic acids is 1. The van der Waals surface area contributed by atoms with Crippen molar-refractivity contribution in [3.8, 4) is 0 Å². The zero-order chi connectivity index (χ0) is 13.1. The van der Waals surface area contributed by atoms with Crippen molar-refractivity contribution in [2.75, 3.05) is 5.32 Å². The molecule has 1 rings (SSSR count). The fourth-order valence-electron chi connectivity index (χ4n) is 1.37. The van der Waals surface area contributed by atoms with Gasteiger partial charge in [0.2, 0.25) is 0 Å². The maximum atomic E-state index is 10.6. The number of hydrogen-bond donors (Lipinski definition) is 2. The normalized spacial score (nSPS) is 10.9. The third kappa shape index (κ3) is 4.06. The highest BCUT2D eigenvalue weighted by Crippen LogP contribution is 2.20. The molecular formula is C10H13N3O4. The van der Waals surface area contributed by atoms with E-state index in [4.69, 9.17) is 5.11 Å². The molecule has 7 heteroatoms. The van der Waals surface area contributed by atoms with Crippen LogP contribution in [0, 0.1) is 10.1 Å². The number of nitro groups is 1. The van der Waals surface area contributed by atoms with Crippen LogP contribution in [0.15, 0.2) is 18.3 Å². The van der Waals surface area contributed by atoms with Gasteiger partial charge in [-0.1, -0.05) is 0 Å². The van der Waals surface area contributed by atoms with Crippen molar-refractivity contribution in [1.29, 1.82) is 0 Å². The fourth-order valence-corrected chi connectivity index (χ4v) is 1.37. The molecule has 7 nitrogen and oxygen atoms in total. The van der Waals surface area contributed by atoms with Crippen LogP contribution in [-0.2, 0) is 4.79 Å². The van der Waals surface area contributed by atoms with E-state index in [0.29, 0.717) is 0 Å². The number of aromatic nitrogens is 1. The number of anilines is 1. The highest BCUT2D eigenvalue weighted by molar-refractivity contribution is 5.69. The molecule has 1 aromatic heterocycles. The first-order chi connectivity index (χ1) is 7.80. The Morgan fingerprint density at radius 3 is 2.82 bits per heavy atom. The molecule has 0 aliphatic carbocycles. The van der Waals surface area contributed by atoms with Gasteiger partial charge in [-0.2, -0.15) is 0 Å². The van der Waals surface area contributed by atoms with Crippen LogP contribution in [0.25, 0.3) is 0 Å². The Morgan fingerprint density at radius 2 is 2.29 bits per heavy atom. The molecule has 1 aromatic rings. The molecule has 0 fully saturated rings. The number of nitrogens with zero attached hydrogens (tertiary/aromatic N) is 2. The molecule has 0 aromatic carbocycles. The molecule has 0 saturated heterocycles. The van der Waals surface area contributed by atoms with Crippen molar-refractivity contribution in [2.24, 2.45) is 0 Å². The Morgan fingerprint density at radius 1 is 1.65 bits per heavy atom. The van der Waals surface area contributed by atoms with Gasteiger partial charge < -0.3 is 10.4 Å². The average Bonchev–Trinajstić information content (AvgIpc) is 2.14. The van der Waals surface area contributed by atoms with E-state index in [2.05, 4.69) is 10.3 Å². The van der Waals surface area contributed by atoms with Crippen molar-refractivity contribution in [2.45, 2.75) is 25.8 Å². The van der Waals surface area contributed by atoms with Gasteiger partial charge in [0, 0.05) is 17.8 Å². The molecule has 0 unspecified atom stereocenters. The molecule has 0 atom stereocenters. The van der Waals surface area contributed by atoms with E-state index in [1.807, 2.05) is 0 Å². The summed E-state index contributed by atoms with van der Waals surface area (Å²) in [7, 11) is 0. The summed E-state index contributed by atoms with van der Waals surface area (Å²) in [6.07, 6.45) is 1.19. The van der Waals surface area contributed by atoms with E-state index < -0.39 is 16.4 Å². The first kappa shape index (κ1) is 12.9. The summed E-state index contributed by atoms with van der Waals surface area (Å²) >= 11 is 0. The van der Waals surface area contributed by atoms with Gasteiger partial charge in [-0.05, 0) is 13.8 Å². The van der Waals surface area contributed by atoms with Crippen LogP contribution in [0.5, 0.6) is 0 Å². The van der Waals surface area contributed by atoms with Crippen molar-refractivity contribution in [3.05, 3.63) is 28.4 Å². The Bertz CT molecular complexity index is 445. The van der Waals surface area contributed by atoms with Crippen LogP contribution in [0.3, 0.4) is 0 Å². The van der Waals surface area contributed by atoms with Crippen molar-refractivity contribution in [1.82, 2.24) is 4.98 Å². The van der Waals surface area contributed by atoms with Gasteiger partial charge in [0.15, 0.2) is 0 Å². The average molecular weight is 239 g/mol. The zero-order valence-electron chi connectivity index (χ0n) is 9.51. The number of rotatable bonds is 5. The summed E-state index contributed by atoms with van der Waals surface area (Å²) in [5, 5.41) is 22.1. The highest BCUT2D eigenvalue weighted by Gasteiger charge is 2.22. The Hall–Kier alpha value is -2.18. The summed E-state index contributed by atoms with van der Waals surface area (Å²) in [5.74, 6) is -0.668. The SMILES string of the molecule is CC(C)(CC(=O)O)Nc1cc([N+](=O)[O-])ccn1. The minimum absolute atomic E-state index is 0.0892. The lowest BCUT2D eigenvalue weighted by Crippen LogP contribution is -2.33. The van der Waals surface area contributed by atoms with Crippen LogP contribution >= 0.6 is 0 Å². The minimum Gasteiger partial charge on any atom is -0.481 e. The fraction of sp³-hybridized carbons (Fsp3) is 0.400. The second kappa shape index (κ2) is 4.77. The second-order valence-electron chi connectivity index (χ2n) is 4.24. The summed E-state index contributed by atoms with van der Waals surface area (Å²) in [6.45, 7) is 3.36. The summed E-state index contributed by atoms with van der Waals surface area (Å²) in [6, 6.07) is 2.54. The van der Waals surface area contributed by atoms with Gasteiger partial charge in [-0.3, -0.25) is 14.9 Å². The van der Waals surface area contributed by atoms with E-state index in [1.54, 1.807) is 13.8 Å². The number of hydrogen-bond acceptors (Lipinski definition) is 5. The number of carboxylic acid groups (broad SMARTS) is 1. The van der Waals surface area contributed by atoms with Gasteiger partial charge in [0.05, 0.1) is 17.4 Å². The van der Waals surface area contributed by atoms with Gasteiger partial charge >= 0.3 is 5.97 Å². The van der Waals surface area contributed by atoms with E-state index >= 15 is 0 Å². The Kier molecular flexibility index (Phi) is 3.62. The number of pyridine rings is 1. The van der Waals surface area contributed by atoms with Crippen molar-refractivity contribution >= 4 is 17.5 Å². The molecule has 92 valence electrons. The third-order valence-corrected chi connectivity index (χ3v) is 2.01. The molecule has 0 spiro atoms. The smallest absolute Gasteiger partial charge is 0.305 e. The Balaban J connectivity index is 2.84. The van der Waals surface area contributed by atoms with E-state index in [9.17, 15) is 14.9 Å². The van der Waals surface area contributed by atoms with E-state index in [1.165, 1.54) is 18.3 Å². The highest BCUT2D eigenvalue weighted by atomic mass is 16.6. The molecule has 0 aliphatic heterocycles. The van der Waals surface area contributed by atoms with Crippen molar-refractivity contribution < 1.29 is 14.8 Å². The van der Waals surface area contributed by atoms with E-state index in [0.717, 1.165) is 0 Å². The maximum absolute atomic E-state index is 10.6. The molecule has 0 bridgehead atoms. The first-order valence-electron chi connectivity index (χ1n) is 4.90. The summed E-state index contributed by atoms with van der Waals surface area (Å²) in [4.78, 5) is 24.5. The van der Waals surface area contributed by atoms with Gasteiger partial charge in [-0.15, -0.1) is 0 Å². The summed E-state index contributed by atoms with van der Waals surface area (Å²) in [5.41, 5.74) is -0.817. The molecular weight excluding hydrogens is 226 g/mol. The third-order valence-electron chi connectivity index (χ3n) is 2.01. The predicted molar refractivity (Wildman–Crippen MR) is 60.8 cm³/mol. The molecule has 2 N–H and O–H groups in total. The quantitative estimate of drug-likeness (QED) is 0.597. The zero-order valence-corrected chi connectivity index (χ0v) is 9.51. The largest absolute Gasteiger partial charge is 0.481 e. The molecule has 0 amide bonds. The topological polar surface area (TPSA) is 105 Å². The number of carboxylic acids is 1. The lowest BCUT2D eigenvalue weighted by Gasteiger charge is -2.24. The predicted octanol–water partition coefficient (Wildman–Crippen LogP) is 1.65. The molecule has 1 heterocycles.